The van der Waals surface area contributed by atoms with Gasteiger partial charge >= 0.3 is 0 Å². The Bertz CT molecular complexity index is 682. The number of sulfonamides is 1. The molecule has 1 aliphatic heterocycles. The molecule has 1 aromatic carbocycles. The van der Waals surface area contributed by atoms with E-state index in [1.807, 2.05) is 13.0 Å². The molecule has 7 heteroatoms. The van der Waals surface area contributed by atoms with Gasteiger partial charge < -0.3 is 10.1 Å². The van der Waals surface area contributed by atoms with E-state index >= 15 is 0 Å². The number of ether oxygens (including phenoxy) is 1. The van der Waals surface area contributed by atoms with Crippen molar-refractivity contribution < 1.29 is 17.9 Å². The van der Waals surface area contributed by atoms with Crippen LogP contribution in [0.5, 0.6) is 5.75 Å². The van der Waals surface area contributed by atoms with Crippen molar-refractivity contribution in [3.8, 4) is 5.75 Å². The summed E-state index contributed by atoms with van der Waals surface area (Å²) in [6, 6.07) is 5.51. The quantitative estimate of drug-likeness (QED) is 0.896. The second-order valence-corrected chi connectivity index (χ2v) is 7.56. The van der Waals surface area contributed by atoms with Crippen molar-refractivity contribution in [3.05, 3.63) is 23.8 Å². The van der Waals surface area contributed by atoms with Gasteiger partial charge in [0.05, 0.1) is 18.5 Å². The van der Waals surface area contributed by atoms with Crippen molar-refractivity contribution in [3.63, 3.8) is 0 Å². The molecular formula is C14H18N2O4S. The van der Waals surface area contributed by atoms with Gasteiger partial charge in [0.15, 0.2) is 6.10 Å². The fourth-order valence-corrected chi connectivity index (χ4v) is 3.24. The average molecular weight is 310 g/mol. The molecule has 3 rings (SSSR count). The van der Waals surface area contributed by atoms with Gasteiger partial charge in [-0.3, -0.25) is 9.10 Å². The molecular weight excluding hydrogens is 292 g/mol. The molecule has 21 heavy (non-hydrogen) atoms. The Morgan fingerprint density at radius 2 is 2.10 bits per heavy atom. The second kappa shape index (κ2) is 4.91. The molecule has 0 saturated heterocycles. The second-order valence-electron chi connectivity index (χ2n) is 5.65. The van der Waals surface area contributed by atoms with E-state index in [4.69, 9.17) is 4.74 Å². The van der Waals surface area contributed by atoms with Crippen molar-refractivity contribution >= 4 is 21.6 Å². The molecule has 0 radical (unpaired) electrons. The summed E-state index contributed by atoms with van der Waals surface area (Å²) in [6.07, 6.45) is 2.28. The lowest BCUT2D eigenvalue weighted by atomic mass is 10.1. The van der Waals surface area contributed by atoms with E-state index in [1.54, 1.807) is 12.1 Å². The van der Waals surface area contributed by atoms with E-state index in [2.05, 4.69) is 5.32 Å². The van der Waals surface area contributed by atoms with Crippen LogP contribution in [0.1, 0.15) is 18.4 Å². The van der Waals surface area contributed by atoms with Crippen LogP contribution in [-0.2, 0) is 14.8 Å². The Hall–Kier alpha value is -1.76. The van der Waals surface area contributed by atoms with E-state index in [9.17, 15) is 13.2 Å². The lowest BCUT2D eigenvalue weighted by Crippen LogP contribution is -2.50. The first-order valence-corrected chi connectivity index (χ1v) is 8.75. The van der Waals surface area contributed by atoms with Crippen LogP contribution < -0.4 is 14.4 Å². The molecule has 1 heterocycles. The average Bonchev–Trinajstić information content (AvgIpc) is 3.20. The molecule has 1 fully saturated rings. The minimum absolute atomic E-state index is 0.00778. The molecule has 1 atom stereocenters. The summed E-state index contributed by atoms with van der Waals surface area (Å²) in [4.78, 5) is 12.1. The van der Waals surface area contributed by atoms with Gasteiger partial charge in [-0.25, -0.2) is 8.42 Å². The van der Waals surface area contributed by atoms with Crippen LogP contribution in [0.4, 0.5) is 5.69 Å². The maximum absolute atomic E-state index is 12.1. The zero-order valence-electron chi connectivity index (χ0n) is 12.0. The first kappa shape index (κ1) is 14.2. The van der Waals surface area contributed by atoms with Gasteiger partial charge in [0.2, 0.25) is 10.0 Å². The standard InChI is InChI=1S/C14H18N2O4S/c1-9-3-6-12-11(7-9)16(21(2,18)19)8-13(20-12)14(17)15-10-4-5-10/h3,6-7,10,13H,4-5,8H2,1-2H3,(H,15,17). The van der Waals surface area contributed by atoms with Gasteiger partial charge in [-0.2, -0.15) is 0 Å². The summed E-state index contributed by atoms with van der Waals surface area (Å²) in [6.45, 7) is 1.89. The van der Waals surface area contributed by atoms with E-state index in [1.165, 1.54) is 4.31 Å². The molecule has 1 amide bonds. The van der Waals surface area contributed by atoms with Gasteiger partial charge in [0.25, 0.3) is 5.91 Å². The van der Waals surface area contributed by atoms with Crippen LogP contribution in [-0.4, -0.2) is 39.3 Å². The maximum atomic E-state index is 12.1. The van der Waals surface area contributed by atoms with Crippen molar-refractivity contribution in [1.29, 1.82) is 0 Å². The largest absolute Gasteiger partial charge is 0.476 e. The molecule has 0 bridgehead atoms. The van der Waals surface area contributed by atoms with Crippen molar-refractivity contribution in [2.45, 2.75) is 31.9 Å². The van der Waals surface area contributed by atoms with E-state index in [-0.39, 0.29) is 18.5 Å². The Morgan fingerprint density at radius 3 is 2.71 bits per heavy atom. The summed E-state index contributed by atoms with van der Waals surface area (Å²) in [7, 11) is -3.46. The predicted octanol–water partition coefficient (Wildman–Crippen LogP) is 0.801. The number of benzene rings is 1. The van der Waals surface area contributed by atoms with E-state index in [0.29, 0.717) is 11.4 Å². The Kier molecular flexibility index (Phi) is 3.32. The van der Waals surface area contributed by atoms with Crippen LogP contribution in [0.25, 0.3) is 0 Å². The van der Waals surface area contributed by atoms with Crippen LogP contribution in [0.15, 0.2) is 18.2 Å². The highest BCUT2D eigenvalue weighted by molar-refractivity contribution is 7.92. The van der Waals surface area contributed by atoms with Crippen molar-refractivity contribution in [2.24, 2.45) is 0 Å². The lowest BCUT2D eigenvalue weighted by molar-refractivity contribution is -0.127. The zero-order chi connectivity index (χ0) is 15.2. The molecule has 1 aliphatic carbocycles. The summed E-state index contributed by atoms with van der Waals surface area (Å²) in [5, 5.41) is 2.85. The van der Waals surface area contributed by atoms with Gasteiger partial charge in [0, 0.05) is 6.04 Å². The highest BCUT2D eigenvalue weighted by atomic mass is 32.2. The molecule has 0 aromatic heterocycles. The predicted molar refractivity (Wildman–Crippen MR) is 78.9 cm³/mol. The molecule has 1 aromatic rings. The number of anilines is 1. The zero-order valence-corrected chi connectivity index (χ0v) is 12.8. The number of rotatable bonds is 3. The monoisotopic (exact) mass is 310 g/mol. The maximum Gasteiger partial charge on any atom is 0.263 e. The number of carbonyl (C=O) groups is 1. The van der Waals surface area contributed by atoms with Crippen LogP contribution in [0.2, 0.25) is 0 Å². The SMILES string of the molecule is Cc1ccc2c(c1)N(S(C)(=O)=O)CC(C(=O)NC1CC1)O2. The summed E-state index contributed by atoms with van der Waals surface area (Å²) < 4.78 is 30.9. The summed E-state index contributed by atoms with van der Waals surface area (Å²) >= 11 is 0. The third-order valence-electron chi connectivity index (χ3n) is 3.60. The number of hydrogen-bond acceptors (Lipinski definition) is 4. The first-order valence-electron chi connectivity index (χ1n) is 6.90. The highest BCUT2D eigenvalue weighted by Gasteiger charge is 2.36. The topological polar surface area (TPSA) is 75.7 Å². The third-order valence-corrected chi connectivity index (χ3v) is 4.75. The smallest absolute Gasteiger partial charge is 0.263 e. The molecule has 114 valence electrons. The minimum Gasteiger partial charge on any atom is -0.476 e. The number of aryl methyl sites for hydroxylation is 1. The number of fused-ring (bicyclic) bond motifs is 1. The van der Waals surface area contributed by atoms with Crippen LogP contribution in [0.3, 0.4) is 0 Å². The Morgan fingerprint density at radius 1 is 1.38 bits per heavy atom. The van der Waals surface area contributed by atoms with Gasteiger partial charge in [-0.15, -0.1) is 0 Å². The van der Waals surface area contributed by atoms with Crippen molar-refractivity contribution in [2.75, 3.05) is 17.1 Å². The van der Waals surface area contributed by atoms with Gasteiger partial charge in [0.1, 0.15) is 5.75 Å². The molecule has 0 spiro atoms. The van der Waals surface area contributed by atoms with E-state index < -0.39 is 16.1 Å². The number of carbonyl (C=O) groups excluding carboxylic acids is 1. The molecule has 2 aliphatic rings. The number of hydrogen-bond donors (Lipinski definition) is 1. The number of nitrogens with one attached hydrogen (secondary N) is 1. The molecule has 1 N–H and O–H groups in total. The van der Waals surface area contributed by atoms with Gasteiger partial charge in [-0.1, -0.05) is 6.07 Å². The lowest BCUT2D eigenvalue weighted by Gasteiger charge is -2.34. The molecule has 1 saturated carbocycles. The number of nitrogens with zero attached hydrogens (tertiary/aromatic N) is 1. The normalized spacial score (nSPS) is 21.4. The summed E-state index contributed by atoms with van der Waals surface area (Å²) in [5.41, 5.74) is 1.43. The third kappa shape index (κ3) is 2.97. The molecule has 1 unspecified atom stereocenters. The van der Waals surface area contributed by atoms with Crippen molar-refractivity contribution in [1.82, 2.24) is 5.32 Å². The fourth-order valence-electron chi connectivity index (χ4n) is 2.33. The highest BCUT2D eigenvalue weighted by Crippen LogP contribution is 2.36. The minimum atomic E-state index is -3.46. The Balaban J connectivity index is 1.92. The van der Waals surface area contributed by atoms with Crippen LogP contribution >= 0.6 is 0 Å². The summed E-state index contributed by atoms with van der Waals surface area (Å²) in [5.74, 6) is 0.172. The Labute approximate surface area is 124 Å². The van der Waals surface area contributed by atoms with Crippen LogP contribution in [0, 0.1) is 6.92 Å². The molecule has 6 nitrogen and oxygen atoms in total. The number of amides is 1. The first-order chi connectivity index (χ1) is 9.84. The van der Waals surface area contributed by atoms with E-state index in [0.717, 1.165) is 24.7 Å². The fraction of sp³-hybridized carbons (Fsp3) is 0.500. The van der Waals surface area contributed by atoms with Gasteiger partial charge in [-0.05, 0) is 37.5 Å².